The fraction of sp³-hybridized carbons (Fsp3) is 0.294. The van der Waals surface area contributed by atoms with Crippen LogP contribution in [-0.4, -0.2) is 29.8 Å². The van der Waals surface area contributed by atoms with Gasteiger partial charge >= 0.3 is 5.97 Å². The van der Waals surface area contributed by atoms with Gasteiger partial charge in [0.1, 0.15) is 5.75 Å². The zero-order chi connectivity index (χ0) is 17.3. The highest BCUT2D eigenvalue weighted by molar-refractivity contribution is 9.10. The number of halogens is 1. The van der Waals surface area contributed by atoms with Crippen molar-refractivity contribution in [2.45, 2.75) is 19.9 Å². The molecule has 0 aromatic heterocycles. The Balaban J connectivity index is 2.10. The molecule has 5 nitrogen and oxygen atoms in total. The van der Waals surface area contributed by atoms with Crippen LogP contribution in [0.3, 0.4) is 0 Å². The minimum atomic E-state index is -0.333. The molecule has 1 aromatic carbocycles. The van der Waals surface area contributed by atoms with Gasteiger partial charge in [-0.1, -0.05) is 17.8 Å². The van der Waals surface area contributed by atoms with Gasteiger partial charge in [-0.2, -0.15) is 0 Å². The summed E-state index contributed by atoms with van der Waals surface area (Å²) in [6.07, 6.45) is 1.94. The van der Waals surface area contributed by atoms with Gasteiger partial charge in [0.2, 0.25) is 0 Å². The van der Waals surface area contributed by atoms with Crippen molar-refractivity contribution in [1.82, 2.24) is 4.90 Å². The maximum Gasteiger partial charge on any atom is 0.338 e. The number of nitrogens with zero attached hydrogens (tertiary/aromatic N) is 2. The van der Waals surface area contributed by atoms with Gasteiger partial charge in [-0.25, -0.2) is 9.79 Å². The van der Waals surface area contributed by atoms with Gasteiger partial charge in [0, 0.05) is 6.20 Å². The van der Waals surface area contributed by atoms with Gasteiger partial charge in [0.05, 0.1) is 35.5 Å². The van der Waals surface area contributed by atoms with E-state index in [0.29, 0.717) is 17.9 Å². The fourth-order valence-electron chi connectivity index (χ4n) is 2.75. The van der Waals surface area contributed by atoms with Crippen LogP contribution in [0, 0.1) is 0 Å². The van der Waals surface area contributed by atoms with Crippen molar-refractivity contribution in [3.63, 3.8) is 0 Å². The first-order valence-electron chi connectivity index (χ1n) is 7.48. The summed E-state index contributed by atoms with van der Waals surface area (Å²) in [5.41, 5.74) is 2.21. The van der Waals surface area contributed by atoms with Crippen molar-refractivity contribution in [2.75, 3.05) is 13.7 Å². The van der Waals surface area contributed by atoms with Crippen molar-refractivity contribution in [2.24, 2.45) is 4.99 Å². The molecule has 24 heavy (non-hydrogen) atoms. The number of aliphatic imine (C=N–C) groups is 1. The summed E-state index contributed by atoms with van der Waals surface area (Å²) in [7, 11) is 1.62. The molecular weight excluding hydrogens is 392 g/mol. The quantitative estimate of drug-likeness (QED) is 0.697. The van der Waals surface area contributed by atoms with E-state index in [-0.39, 0.29) is 12.0 Å². The van der Waals surface area contributed by atoms with E-state index in [4.69, 9.17) is 9.47 Å². The van der Waals surface area contributed by atoms with E-state index in [1.165, 1.54) is 0 Å². The van der Waals surface area contributed by atoms with E-state index in [1.807, 2.05) is 41.6 Å². The van der Waals surface area contributed by atoms with E-state index in [0.717, 1.165) is 21.0 Å². The van der Waals surface area contributed by atoms with Crippen LogP contribution in [-0.2, 0) is 9.53 Å². The van der Waals surface area contributed by atoms with E-state index < -0.39 is 0 Å². The third kappa shape index (κ3) is 2.98. The minimum Gasteiger partial charge on any atom is -0.496 e. The molecule has 2 aliphatic heterocycles. The van der Waals surface area contributed by atoms with Gasteiger partial charge in [-0.3, -0.25) is 0 Å². The number of fused-ring (bicyclic) bond motifs is 1. The lowest BCUT2D eigenvalue weighted by Gasteiger charge is -2.33. The number of allylic oxidation sites excluding steroid dienone is 1. The number of thioether (sulfide) groups is 1. The van der Waals surface area contributed by atoms with Crippen molar-refractivity contribution in [3.05, 3.63) is 51.1 Å². The number of benzene rings is 1. The number of esters is 1. The molecule has 0 N–H and O–H groups in total. The molecule has 0 radical (unpaired) electrons. The summed E-state index contributed by atoms with van der Waals surface area (Å²) in [5.74, 6) is 0.410. The molecule has 0 saturated heterocycles. The lowest BCUT2D eigenvalue weighted by atomic mass is 9.95. The van der Waals surface area contributed by atoms with Crippen LogP contribution in [0.1, 0.15) is 25.5 Å². The molecule has 2 heterocycles. The second kappa shape index (κ2) is 7.03. The van der Waals surface area contributed by atoms with Crippen LogP contribution >= 0.6 is 27.7 Å². The number of carbonyl (C=O) groups excluding carboxylic acids is 1. The molecule has 0 fully saturated rings. The van der Waals surface area contributed by atoms with Crippen LogP contribution in [0.2, 0.25) is 0 Å². The molecular formula is C17H17BrN2O3S. The fourth-order valence-corrected chi connectivity index (χ4v) is 4.10. The van der Waals surface area contributed by atoms with Crippen LogP contribution in [0.15, 0.2) is 50.5 Å². The molecule has 0 aliphatic carbocycles. The number of amidine groups is 1. The van der Waals surface area contributed by atoms with Crippen LogP contribution in [0.25, 0.3) is 0 Å². The monoisotopic (exact) mass is 408 g/mol. The van der Waals surface area contributed by atoms with E-state index in [1.54, 1.807) is 25.8 Å². The number of rotatable bonds is 4. The zero-order valence-electron chi connectivity index (χ0n) is 13.6. The van der Waals surface area contributed by atoms with Crippen molar-refractivity contribution in [3.8, 4) is 5.75 Å². The zero-order valence-corrected chi connectivity index (χ0v) is 16.0. The predicted octanol–water partition coefficient (Wildman–Crippen LogP) is 4.23. The first-order valence-corrected chi connectivity index (χ1v) is 9.15. The van der Waals surface area contributed by atoms with Gasteiger partial charge in [-0.15, -0.1) is 0 Å². The molecule has 126 valence electrons. The maximum atomic E-state index is 12.5. The van der Waals surface area contributed by atoms with E-state index >= 15 is 0 Å². The number of hydrogen-bond donors (Lipinski definition) is 0. The standard InChI is InChI=1S/C17H17BrN2O3S/c1-4-23-16(21)14-10(2)19-17-20(7-8-24-17)15(14)11-5-6-13(22-3)12(18)9-11/h5-9,15H,4H2,1-3H3/t15-/m0/s1. The molecule has 0 spiro atoms. The molecule has 1 atom stereocenters. The second-order valence-corrected chi connectivity index (χ2v) is 6.95. The van der Waals surface area contributed by atoms with Gasteiger partial charge in [0.15, 0.2) is 5.17 Å². The van der Waals surface area contributed by atoms with Crippen LogP contribution < -0.4 is 4.74 Å². The normalized spacial score (nSPS) is 19.2. The summed E-state index contributed by atoms with van der Waals surface area (Å²) in [4.78, 5) is 19.1. The minimum absolute atomic E-state index is 0.273. The predicted molar refractivity (Wildman–Crippen MR) is 98.8 cm³/mol. The number of hydrogen-bond acceptors (Lipinski definition) is 6. The maximum absolute atomic E-state index is 12.5. The highest BCUT2D eigenvalue weighted by Gasteiger charge is 2.37. The van der Waals surface area contributed by atoms with Crippen molar-refractivity contribution >= 4 is 38.8 Å². The number of methoxy groups -OCH3 is 1. The lowest BCUT2D eigenvalue weighted by Crippen LogP contribution is -2.34. The van der Waals surface area contributed by atoms with Gasteiger partial charge in [-0.05, 0) is 52.9 Å². The Labute approximate surface area is 153 Å². The molecule has 0 unspecified atom stereocenters. The smallest absolute Gasteiger partial charge is 0.338 e. The average molecular weight is 409 g/mol. The number of carbonyl (C=O) groups is 1. The highest BCUT2D eigenvalue weighted by Crippen LogP contribution is 2.42. The SMILES string of the molecule is CCOC(=O)C1=C(C)N=C2SC=CN2[C@H]1c1ccc(OC)c(Br)c1. The van der Waals surface area contributed by atoms with Crippen LogP contribution in [0.4, 0.5) is 0 Å². The molecule has 1 aromatic rings. The van der Waals surface area contributed by atoms with Crippen LogP contribution in [0.5, 0.6) is 5.75 Å². The Bertz CT molecular complexity index is 773. The van der Waals surface area contributed by atoms with E-state index in [2.05, 4.69) is 20.9 Å². The molecule has 3 rings (SSSR count). The Morgan fingerprint density at radius 2 is 2.25 bits per heavy atom. The first-order chi connectivity index (χ1) is 11.6. The summed E-state index contributed by atoms with van der Waals surface area (Å²) >= 11 is 5.06. The molecule has 7 heteroatoms. The Morgan fingerprint density at radius 1 is 1.46 bits per heavy atom. The Morgan fingerprint density at radius 3 is 2.92 bits per heavy atom. The summed E-state index contributed by atoms with van der Waals surface area (Å²) < 4.78 is 11.4. The third-order valence-corrected chi connectivity index (χ3v) is 5.20. The average Bonchev–Trinajstić information content (AvgIpc) is 3.01. The van der Waals surface area contributed by atoms with E-state index in [9.17, 15) is 4.79 Å². The molecule has 0 bridgehead atoms. The van der Waals surface area contributed by atoms with Crippen molar-refractivity contribution < 1.29 is 14.3 Å². The summed E-state index contributed by atoms with van der Waals surface area (Å²) in [6.45, 7) is 3.98. The number of ether oxygens (including phenoxy) is 2. The topological polar surface area (TPSA) is 51.1 Å². The summed E-state index contributed by atoms with van der Waals surface area (Å²) in [6, 6.07) is 5.54. The van der Waals surface area contributed by atoms with Gasteiger partial charge in [0.25, 0.3) is 0 Å². The lowest BCUT2D eigenvalue weighted by molar-refractivity contribution is -0.139. The van der Waals surface area contributed by atoms with Gasteiger partial charge < -0.3 is 14.4 Å². The second-order valence-electron chi connectivity index (χ2n) is 5.22. The molecule has 0 saturated carbocycles. The molecule has 0 amide bonds. The Hall–Kier alpha value is -1.73. The third-order valence-electron chi connectivity index (χ3n) is 3.81. The van der Waals surface area contributed by atoms with Crippen molar-refractivity contribution in [1.29, 1.82) is 0 Å². The molecule has 2 aliphatic rings. The Kier molecular flexibility index (Phi) is 5.01. The highest BCUT2D eigenvalue weighted by atomic mass is 79.9. The first kappa shape index (κ1) is 17.1. The summed E-state index contributed by atoms with van der Waals surface area (Å²) in [5, 5.41) is 2.82. The largest absolute Gasteiger partial charge is 0.496 e.